The molecule has 1 aromatic rings. The Bertz CT molecular complexity index is 557. The summed E-state index contributed by atoms with van der Waals surface area (Å²) in [5, 5.41) is 11.2. The molecule has 1 heterocycles. The summed E-state index contributed by atoms with van der Waals surface area (Å²) in [7, 11) is 0. The van der Waals surface area contributed by atoms with Gasteiger partial charge in [0.15, 0.2) is 0 Å². The van der Waals surface area contributed by atoms with Gasteiger partial charge in [-0.15, -0.1) is 0 Å². The Kier molecular flexibility index (Phi) is 3.32. The van der Waals surface area contributed by atoms with Gasteiger partial charge in [-0.3, -0.25) is 14.5 Å². The highest BCUT2D eigenvalue weighted by atomic mass is 79.9. The second-order valence-electron chi connectivity index (χ2n) is 4.35. The number of amides is 3. The lowest BCUT2D eigenvalue weighted by molar-refractivity contribution is -0.142. The molecule has 0 radical (unpaired) electrons. The van der Waals surface area contributed by atoms with E-state index in [-0.39, 0.29) is 0 Å². The molecule has 1 fully saturated rings. The van der Waals surface area contributed by atoms with Crippen molar-refractivity contribution in [2.24, 2.45) is 0 Å². The lowest BCUT2D eigenvalue weighted by Gasteiger charge is -2.21. The van der Waals surface area contributed by atoms with Crippen LogP contribution in [0.2, 0.25) is 0 Å². The Labute approximate surface area is 117 Å². The van der Waals surface area contributed by atoms with E-state index in [1.165, 1.54) is 0 Å². The van der Waals surface area contributed by atoms with Crippen molar-refractivity contribution in [3.8, 4) is 0 Å². The van der Waals surface area contributed by atoms with Crippen LogP contribution in [0.1, 0.15) is 12.5 Å². The quantitative estimate of drug-likeness (QED) is 0.820. The summed E-state index contributed by atoms with van der Waals surface area (Å²) < 4.78 is 0.846. The number of carbonyl (C=O) groups is 3. The Hall–Kier alpha value is -1.89. The molecule has 0 saturated carbocycles. The normalized spacial score (nSPS) is 22.5. The molecule has 0 spiro atoms. The molecule has 7 heteroatoms. The van der Waals surface area contributed by atoms with E-state index in [0.717, 1.165) is 4.47 Å². The van der Waals surface area contributed by atoms with Crippen LogP contribution in [0.5, 0.6) is 0 Å². The van der Waals surface area contributed by atoms with Gasteiger partial charge < -0.3 is 10.4 Å². The van der Waals surface area contributed by atoms with E-state index in [1.54, 1.807) is 31.2 Å². The maximum atomic E-state index is 12.2. The zero-order valence-corrected chi connectivity index (χ0v) is 11.6. The fourth-order valence-electron chi connectivity index (χ4n) is 1.95. The summed E-state index contributed by atoms with van der Waals surface area (Å²) in [5.74, 6) is -1.80. The van der Waals surface area contributed by atoms with Crippen LogP contribution in [0.25, 0.3) is 0 Å². The summed E-state index contributed by atoms with van der Waals surface area (Å²) in [6.45, 7) is 0.912. The summed E-state index contributed by atoms with van der Waals surface area (Å²) in [6, 6.07) is 6.21. The highest BCUT2D eigenvalue weighted by Gasteiger charge is 2.49. The Morgan fingerprint density at radius 3 is 2.47 bits per heavy atom. The molecule has 1 aliphatic rings. The fraction of sp³-hybridized carbons (Fsp3) is 0.250. The van der Waals surface area contributed by atoms with Gasteiger partial charge in [0.05, 0.1) is 0 Å². The van der Waals surface area contributed by atoms with Gasteiger partial charge in [0.2, 0.25) is 0 Å². The molecule has 1 aromatic carbocycles. The van der Waals surface area contributed by atoms with Gasteiger partial charge >= 0.3 is 12.0 Å². The minimum atomic E-state index is -1.23. The standard InChI is InChI=1S/C12H11BrN2O4/c1-12(7-2-4-8(13)5-3-7)10(18)15(6-9(16)17)11(19)14-12/h2-5H,6H2,1H3,(H,14,19)(H,16,17). The van der Waals surface area contributed by atoms with Crippen molar-refractivity contribution in [3.05, 3.63) is 34.3 Å². The Morgan fingerprint density at radius 1 is 1.37 bits per heavy atom. The maximum Gasteiger partial charge on any atom is 0.325 e. The molecule has 19 heavy (non-hydrogen) atoms. The average molecular weight is 327 g/mol. The third-order valence-corrected chi connectivity index (χ3v) is 3.52. The molecule has 1 aliphatic heterocycles. The number of nitrogens with zero attached hydrogens (tertiary/aromatic N) is 1. The number of imide groups is 1. The zero-order chi connectivity index (χ0) is 14.2. The predicted octanol–water partition coefficient (Wildman–Crippen LogP) is 1.30. The molecule has 2 rings (SSSR count). The van der Waals surface area contributed by atoms with Crippen LogP contribution in [-0.2, 0) is 15.1 Å². The minimum Gasteiger partial charge on any atom is -0.480 e. The average Bonchev–Trinajstić information content (AvgIpc) is 2.54. The Balaban J connectivity index is 2.35. The second-order valence-corrected chi connectivity index (χ2v) is 5.26. The second kappa shape index (κ2) is 4.65. The summed E-state index contributed by atoms with van der Waals surface area (Å²) in [5.41, 5.74) is -0.630. The molecule has 1 unspecified atom stereocenters. The molecule has 100 valence electrons. The highest BCUT2D eigenvalue weighted by Crippen LogP contribution is 2.29. The summed E-state index contributed by atoms with van der Waals surface area (Å²) in [4.78, 5) is 35.3. The number of halogens is 1. The van der Waals surface area contributed by atoms with E-state index in [2.05, 4.69) is 21.2 Å². The number of carbonyl (C=O) groups excluding carboxylic acids is 2. The number of hydrogen-bond donors (Lipinski definition) is 2. The number of rotatable bonds is 3. The first-order valence-electron chi connectivity index (χ1n) is 5.46. The minimum absolute atomic E-state index is 0.567. The van der Waals surface area contributed by atoms with Gasteiger partial charge in [0.25, 0.3) is 5.91 Å². The summed E-state index contributed by atoms with van der Waals surface area (Å²) >= 11 is 3.28. The molecular weight excluding hydrogens is 316 g/mol. The largest absolute Gasteiger partial charge is 0.480 e. The monoisotopic (exact) mass is 326 g/mol. The van der Waals surface area contributed by atoms with Crippen LogP contribution < -0.4 is 5.32 Å². The lowest BCUT2D eigenvalue weighted by Crippen LogP contribution is -2.41. The van der Waals surface area contributed by atoms with Crippen molar-refractivity contribution in [3.63, 3.8) is 0 Å². The van der Waals surface area contributed by atoms with E-state index in [0.29, 0.717) is 10.5 Å². The van der Waals surface area contributed by atoms with Crippen LogP contribution >= 0.6 is 15.9 Å². The molecular formula is C12H11BrN2O4. The lowest BCUT2D eigenvalue weighted by atomic mass is 9.92. The van der Waals surface area contributed by atoms with Crippen molar-refractivity contribution in [2.45, 2.75) is 12.5 Å². The van der Waals surface area contributed by atoms with Gasteiger partial charge in [-0.1, -0.05) is 28.1 Å². The third-order valence-electron chi connectivity index (χ3n) is 2.99. The third kappa shape index (κ3) is 2.33. The number of hydrogen-bond acceptors (Lipinski definition) is 3. The van der Waals surface area contributed by atoms with Crippen LogP contribution in [-0.4, -0.2) is 34.5 Å². The van der Waals surface area contributed by atoms with Crippen LogP contribution in [0, 0.1) is 0 Å². The van der Waals surface area contributed by atoms with Crippen molar-refractivity contribution in [1.29, 1.82) is 0 Å². The van der Waals surface area contributed by atoms with Crippen molar-refractivity contribution >= 4 is 33.8 Å². The predicted molar refractivity (Wildman–Crippen MR) is 69.4 cm³/mol. The molecule has 3 amide bonds. The number of aliphatic carboxylic acids is 1. The molecule has 1 saturated heterocycles. The van der Waals surface area contributed by atoms with E-state index in [1.807, 2.05) is 0 Å². The SMILES string of the molecule is CC1(c2ccc(Br)cc2)NC(=O)N(CC(=O)O)C1=O. The molecule has 0 aliphatic carbocycles. The Morgan fingerprint density at radius 2 is 1.95 bits per heavy atom. The molecule has 0 aromatic heterocycles. The molecule has 0 bridgehead atoms. The fourth-order valence-corrected chi connectivity index (χ4v) is 2.22. The molecule has 2 N–H and O–H groups in total. The smallest absolute Gasteiger partial charge is 0.325 e. The van der Waals surface area contributed by atoms with Gasteiger partial charge in [-0.25, -0.2) is 4.79 Å². The first-order valence-corrected chi connectivity index (χ1v) is 6.26. The number of carboxylic acids is 1. The van der Waals surface area contributed by atoms with Crippen LogP contribution in [0.4, 0.5) is 4.79 Å². The topological polar surface area (TPSA) is 86.7 Å². The van der Waals surface area contributed by atoms with Gasteiger partial charge in [-0.2, -0.15) is 0 Å². The highest BCUT2D eigenvalue weighted by molar-refractivity contribution is 9.10. The van der Waals surface area contributed by atoms with E-state index < -0.39 is 30.0 Å². The van der Waals surface area contributed by atoms with Crippen LogP contribution in [0.3, 0.4) is 0 Å². The van der Waals surface area contributed by atoms with Gasteiger partial charge in [0, 0.05) is 4.47 Å². The maximum absolute atomic E-state index is 12.2. The molecule has 1 atom stereocenters. The zero-order valence-electron chi connectivity index (χ0n) is 10.0. The van der Waals surface area contributed by atoms with E-state index in [4.69, 9.17) is 5.11 Å². The number of carboxylic acid groups (broad SMARTS) is 1. The van der Waals surface area contributed by atoms with Crippen molar-refractivity contribution < 1.29 is 19.5 Å². The molecule has 6 nitrogen and oxygen atoms in total. The van der Waals surface area contributed by atoms with Gasteiger partial charge in [0.1, 0.15) is 12.1 Å². The van der Waals surface area contributed by atoms with E-state index >= 15 is 0 Å². The van der Waals surface area contributed by atoms with Gasteiger partial charge in [-0.05, 0) is 24.6 Å². The number of benzene rings is 1. The first-order chi connectivity index (χ1) is 8.84. The van der Waals surface area contributed by atoms with Crippen molar-refractivity contribution in [1.82, 2.24) is 10.2 Å². The number of urea groups is 1. The first kappa shape index (κ1) is 13.5. The van der Waals surface area contributed by atoms with Crippen molar-refractivity contribution in [2.75, 3.05) is 6.54 Å². The van der Waals surface area contributed by atoms with Crippen LogP contribution in [0.15, 0.2) is 28.7 Å². The summed E-state index contributed by atoms with van der Waals surface area (Å²) in [6.07, 6.45) is 0. The number of nitrogens with one attached hydrogen (secondary N) is 1. The van der Waals surface area contributed by atoms with E-state index in [9.17, 15) is 14.4 Å².